The van der Waals surface area contributed by atoms with Crippen LogP contribution in [0, 0.1) is 15.9 Å². The Morgan fingerprint density at radius 2 is 1.50 bits per heavy atom. The smallest absolute Gasteiger partial charge is 0.305 e. The summed E-state index contributed by atoms with van der Waals surface area (Å²) in [5, 5.41) is 11.0. The Kier molecular flexibility index (Phi) is 4.57. The summed E-state index contributed by atoms with van der Waals surface area (Å²) in [6.45, 7) is 0. The van der Waals surface area contributed by atoms with Crippen molar-refractivity contribution in [2.75, 3.05) is 0 Å². The normalized spacial score (nSPS) is 10.4. The van der Waals surface area contributed by atoms with Gasteiger partial charge in [0, 0.05) is 17.2 Å². The van der Waals surface area contributed by atoms with Gasteiger partial charge in [-0.2, -0.15) is 4.39 Å². The number of ether oxygens (including phenoxy) is 1. The highest BCUT2D eigenvalue weighted by Gasteiger charge is 2.20. The van der Waals surface area contributed by atoms with Crippen LogP contribution in [0.4, 0.5) is 10.1 Å². The minimum Gasteiger partial charge on any atom is -0.456 e. The molecule has 0 atom stereocenters. The monoisotopic (exact) mass is 387 g/mol. The lowest BCUT2D eigenvalue weighted by Crippen LogP contribution is -1.96. The Balaban J connectivity index is 2.10. The SMILES string of the molecule is O=[N+]([O-])c1cccc(-c2ccccc2Oc2ccccc2Br)c1F. The maximum absolute atomic E-state index is 14.5. The maximum atomic E-state index is 14.5. The summed E-state index contributed by atoms with van der Waals surface area (Å²) in [4.78, 5) is 10.2. The molecule has 4 nitrogen and oxygen atoms in total. The largest absolute Gasteiger partial charge is 0.456 e. The molecule has 0 bridgehead atoms. The summed E-state index contributed by atoms with van der Waals surface area (Å²) in [7, 11) is 0. The van der Waals surface area contributed by atoms with Gasteiger partial charge >= 0.3 is 5.69 Å². The number of para-hydroxylation sites is 2. The van der Waals surface area contributed by atoms with Crippen LogP contribution in [0.25, 0.3) is 11.1 Å². The number of hydrogen-bond acceptors (Lipinski definition) is 3. The summed E-state index contributed by atoms with van der Waals surface area (Å²) in [5.74, 6) is 0.0882. The molecule has 0 amide bonds. The zero-order valence-corrected chi connectivity index (χ0v) is 13.9. The van der Waals surface area contributed by atoms with Crippen LogP contribution in [-0.4, -0.2) is 4.92 Å². The van der Waals surface area contributed by atoms with Crippen molar-refractivity contribution in [1.29, 1.82) is 0 Å². The zero-order chi connectivity index (χ0) is 17.1. The molecule has 6 heteroatoms. The third-order valence-corrected chi connectivity index (χ3v) is 4.06. The van der Waals surface area contributed by atoms with E-state index >= 15 is 0 Å². The maximum Gasteiger partial charge on any atom is 0.305 e. The Morgan fingerprint density at radius 1 is 0.875 bits per heavy atom. The summed E-state index contributed by atoms with van der Waals surface area (Å²) >= 11 is 3.39. The van der Waals surface area contributed by atoms with E-state index < -0.39 is 16.4 Å². The first-order valence-electron chi connectivity index (χ1n) is 7.02. The standard InChI is InChI=1S/C18H11BrFNO3/c19-14-8-2-4-11-17(14)24-16-10-3-1-6-12(16)13-7-5-9-15(18(13)20)21(22)23/h1-11H. The minimum atomic E-state index is -0.884. The van der Waals surface area contributed by atoms with Crippen molar-refractivity contribution < 1.29 is 14.1 Å². The Bertz CT molecular complexity index is 914. The van der Waals surface area contributed by atoms with Crippen molar-refractivity contribution in [3.63, 3.8) is 0 Å². The predicted molar refractivity (Wildman–Crippen MR) is 92.7 cm³/mol. The lowest BCUT2D eigenvalue weighted by Gasteiger charge is -2.13. The summed E-state index contributed by atoms with van der Waals surface area (Å²) in [6, 6.07) is 18.2. The highest BCUT2D eigenvalue weighted by Crippen LogP contribution is 2.38. The molecule has 0 radical (unpaired) electrons. The van der Waals surface area contributed by atoms with Crippen LogP contribution >= 0.6 is 15.9 Å². The molecule has 24 heavy (non-hydrogen) atoms. The molecule has 0 heterocycles. The van der Waals surface area contributed by atoms with Gasteiger partial charge in [-0.25, -0.2) is 0 Å². The van der Waals surface area contributed by atoms with Gasteiger partial charge in [-0.1, -0.05) is 42.5 Å². The molecule has 0 aliphatic rings. The third-order valence-electron chi connectivity index (χ3n) is 3.41. The molecule has 0 N–H and O–H groups in total. The van der Waals surface area contributed by atoms with E-state index in [2.05, 4.69) is 15.9 Å². The molecule has 3 aromatic rings. The van der Waals surface area contributed by atoms with Crippen LogP contribution < -0.4 is 4.74 Å². The van der Waals surface area contributed by atoms with Gasteiger partial charge in [-0.05, 0) is 34.1 Å². The van der Waals surface area contributed by atoms with Crippen molar-refractivity contribution in [2.24, 2.45) is 0 Å². The van der Waals surface area contributed by atoms with E-state index in [-0.39, 0.29) is 5.56 Å². The first-order valence-corrected chi connectivity index (χ1v) is 7.82. The van der Waals surface area contributed by atoms with Crippen molar-refractivity contribution in [3.05, 3.63) is 87.1 Å². The van der Waals surface area contributed by atoms with Gasteiger partial charge < -0.3 is 4.74 Å². The molecule has 0 spiro atoms. The van der Waals surface area contributed by atoms with Crippen molar-refractivity contribution in [1.82, 2.24) is 0 Å². The molecule has 0 aliphatic carbocycles. The third kappa shape index (κ3) is 3.14. The molecule has 120 valence electrons. The first kappa shape index (κ1) is 16.1. The van der Waals surface area contributed by atoms with Gasteiger partial charge in [0.2, 0.25) is 5.82 Å². The molecule has 0 aromatic heterocycles. The topological polar surface area (TPSA) is 52.4 Å². The molecule has 0 saturated carbocycles. The fourth-order valence-electron chi connectivity index (χ4n) is 2.29. The average Bonchev–Trinajstić information content (AvgIpc) is 2.57. The molecule has 0 aliphatic heterocycles. The lowest BCUT2D eigenvalue weighted by atomic mass is 10.0. The number of nitrogens with zero attached hydrogens (tertiary/aromatic N) is 1. The van der Waals surface area contributed by atoms with Crippen LogP contribution in [0.2, 0.25) is 0 Å². The summed E-state index contributed by atoms with van der Waals surface area (Å²) in [5.41, 5.74) is -0.00972. The second kappa shape index (κ2) is 6.80. The fraction of sp³-hybridized carbons (Fsp3) is 0. The first-order chi connectivity index (χ1) is 11.6. The Labute approximate surface area is 145 Å². The second-order valence-electron chi connectivity index (χ2n) is 4.92. The van der Waals surface area contributed by atoms with Gasteiger partial charge in [-0.3, -0.25) is 10.1 Å². The van der Waals surface area contributed by atoms with Crippen molar-refractivity contribution in [3.8, 4) is 22.6 Å². The Morgan fingerprint density at radius 3 is 2.21 bits per heavy atom. The van der Waals surface area contributed by atoms with Gasteiger partial charge in [0.25, 0.3) is 0 Å². The Hall–Kier alpha value is -2.73. The second-order valence-corrected chi connectivity index (χ2v) is 5.78. The number of rotatable bonds is 4. The molecular formula is C18H11BrFNO3. The summed E-state index contributed by atoms with van der Waals surface area (Å²) < 4.78 is 21.1. The van der Waals surface area contributed by atoms with E-state index in [4.69, 9.17) is 4.74 Å². The van der Waals surface area contributed by atoms with E-state index in [1.807, 2.05) is 18.2 Å². The van der Waals surface area contributed by atoms with Crippen molar-refractivity contribution >= 4 is 21.6 Å². The lowest BCUT2D eigenvalue weighted by molar-refractivity contribution is -0.387. The van der Waals surface area contributed by atoms with Crippen LogP contribution in [0.1, 0.15) is 0 Å². The molecule has 3 rings (SSSR count). The fourth-order valence-corrected chi connectivity index (χ4v) is 2.66. The quantitative estimate of drug-likeness (QED) is 0.410. The van der Waals surface area contributed by atoms with Crippen LogP contribution in [0.15, 0.2) is 71.2 Å². The number of benzene rings is 3. The van der Waals surface area contributed by atoms with E-state index in [0.717, 1.165) is 10.5 Å². The molecule has 0 saturated heterocycles. The van der Waals surface area contributed by atoms with Crippen LogP contribution in [0.3, 0.4) is 0 Å². The highest BCUT2D eigenvalue weighted by molar-refractivity contribution is 9.10. The van der Waals surface area contributed by atoms with E-state index in [1.54, 1.807) is 30.3 Å². The van der Waals surface area contributed by atoms with Crippen molar-refractivity contribution in [2.45, 2.75) is 0 Å². The van der Waals surface area contributed by atoms with E-state index in [0.29, 0.717) is 17.1 Å². The minimum absolute atomic E-state index is 0.117. The zero-order valence-electron chi connectivity index (χ0n) is 12.3. The number of hydrogen-bond donors (Lipinski definition) is 0. The van der Waals surface area contributed by atoms with E-state index in [1.165, 1.54) is 12.1 Å². The molecular weight excluding hydrogens is 377 g/mol. The molecule has 3 aromatic carbocycles. The number of nitro benzene ring substituents is 1. The number of halogens is 2. The number of nitro groups is 1. The van der Waals surface area contributed by atoms with E-state index in [9.17, 15) is 14.5 Å². The predicted octanol–water partition coefficient (Wildman–Crippen LogP) is 5.96. The average molecular weight is 388 g/mol. The van der Waals surface area contributed by atoms with Gasteiger partial charge in [0.1, 0.15) is 11.5 Å². The summed E-state index contributed by atoms with van der Waals surface area (Å²) in [6.07, 6.45) is 0. The highest BCUT2D eigenvalue weighted by atomic mass is 79.9. The van der Waals surface area contributed by atoms with Gasteiger partial charge in [0.15, 0.2) is 0 Å². The van der Waals surface area contributed by atoms with Gasteiger partial charge in [-0.15, -0.1) is 0 Å². The van der Waals surface area contributed by atoms with Gasteiger partial charge in [0.05, 0.1) is 9.40 Å². The van der Waals surface area contributed by atoms with Crippen LogP contribution in [0.5, 0.6) is 11.5 Å². The molecule has 0 fully saturated rings. The molecule has 0 unspecified atom stereocenters. The van der Waals surface area contributed by atoms with Crippen LogP contribution in [-0.2, 0) is 0 Å².